The fourth-order valence-corrected chi connectivity index (χ4v) is 4.75. The van der Waals surface area contributed by atoms with E-state index in [-0.39, 0.29) is 12.5 Å². The highest BCUT2D eigenvalue weighted by atomic mass is 19.1. The van der Waals surface area contributed by atoms with Crippen molar-refractivity contribution in [2.75, 3.05) is 53.2 Å². The average Bonchev–Trinajstić information content (AvgIpc) is 3.60. The highest BCUT2D eigenvalue weighted by Crippen LogP contribution is 2.32. The second-order valence-corrected chi connectivity index (χ2v) is 10.9. The molecule has 0 bridgehead atoms. The number of likely N-dealkylation sites (N-methyl/N-ethyl adjacent to an activating group) is 2. The van der Waals surface area contributed by atoms with Crippen molar-refractivity contribution < 1.29 is 13.9 Å². The van der Waals surface area contributed by atoms with Crippen LogP contribution in [0.25, 0.3) is 56.1 Å². The average molecular weight is 595 g/mol. The topological polar surface area (TPSA) is 141 Å². The van der Waals surface area contributed by atoms with Gasteiger partial charge in [0.1, 0.15) is 29.2 Å². The standard InChI is InChI=1S/C31H31FN10O2/c1-41(2)9-10-44-22-13-18(11-20(32)14-22)27-28-24(7-8-34-27)37-31(38-28)30-29-25(39-40-30)6-5-23(36-29)19-12-21(16-33-15-19)35-26(43)17-42(3)4/h5-8,11-16H,9-10,17H2,1-4H3,(H,35,43)(H,37,38)(H,39,40). The number of aromatic nitrogens is 7. The maximum Gasteiger partial charge on any atom is 0.238 e. The van der Waals surface area contributed by atoms with Crippen molar-refractivity contribution in [3.05, 3.63) is 66.9 Å². The predicted molar refractivity (Wildman–Crippen MR) is 167 cm³/mol. The minimum Gasteiger partial charge on any atom is -0.492 e. The summed E-state index contributed by atoms with van der Waals surface area (Å²) < 4.78 is 20.4. The number of imidazole rings is 1. The number of carbonyl (C=O) groups excluding carboxylic acids is 1. The number of amides is 1. The summed E-state index contributed by atoms with van der Waals surface area (Å²) in [5.74, 6) is 0.330. The highest BCUT2D eigenvalue weighted by molar-refractivity contribution is 5.95. The van der Waals surface area contributed by atoms with E-state index in [0.29, 0.717) is 69.6 Å². The van der Waals surface area contributed by atoms with Crippen LogP contribution in [0.1, 0.15) is 0 Å². The summed E-state index contributed by atoms with van der Waals surface area (Å²) in [6.07, 6.45) is 4.93. The van der Waals surface area contributed by atoms with Crippen LogP contribution in [0.3, 0.4) is 0 Å². The van der Waals surface area contributed by atoms with Gasteiger partial charge >= 0.3 is 0 Å². The number of aromatic amines is 2. The van der Waals surface area contributed by atoms with Gasteiger partial charge in [0, 0.05) is 36.1 Å². The summed E-state index contributed by atoms with van der Waals surface area (Å²) in [6.45, 7) is 1.38. The molecule has 224 valence electrons. The number of rotatable bonds is 10. The molecule has 0 aliphatic heterocycles. The normalized spacial score (nSPS) is 11.6. The second-order valence-electron chi connectivity index (χ2n) is 10.9. The third-order valence-corrected chi connectivity index (χ3v) is 6.76. The molecule has 44 heavy (non-hydrogen) atoms. The molecule has 0 fully saturated rings. The van der Waals surface area contributed by atoms with Gasteiger partial charge in [0.2, 0.25) is 5.91 Å². The molecule has 0 unspecified atom stereocenters. The lowest BCUT2D eigenvalue weighted by molar-refractivity contribution is -0.116. The molecule has 0 saturated heterocycles. The van der Waals surface area contributed by atoms with Crippen LogP contribution in [0.2, 0.25) is 0 Å². The molecule has 1 amide bonds. The lowest BCUT2D eigenvalue weighted by Gasteiger charge is -2.12. The first-order valence-corrected chi connectivity index (χ1v) is 13.9. The number of anilines is 1. The SMILES string of the molecule is CN(C)CCOc1cc(F)cc(-c2nccc3[nH]c(-c4n[nH]c5ccc(-c6cncc(NC(=O)CN(C)C)c6)nc45)nc23)c1. The third kappa shape index (κ3) is 6.23. The molecule has 5 aromatic heterocycles. The molecule has 5 heterocycles. The van der Waals surface area contributed by atoms with Gasteiger partial charge in [-0.2, -0.15) is 5.10 Å². The Hall–Kier alpha value is -5.27. The number of benzene rings is 1. The van der Waals surface area contributed by atoms with E-state index in [1.807, 2.05) is 51.3 Å². The fraction of sp³-hybridized carbons (Fsp3) is 0.226. The maximum atomic E-state index is 14.6. The molecule has 3 N–H and O–H groups in total. The number of halogens is 1. The molecule has 6 aromatic rings. The number of hydrogen-bond donors (Lipinski definition) is 3. The van der Waals surface area contributed by atoms with Crippen LogP contribution in [0.15, 0.2) is 61.1 Å². The number of H-pyrrole nitrogens is 2. The van der Waals surface area contributed by atoms with E-state index < -0.39 is 5.82 Å². The van der Waals surface area contributed by atoms with Crippen molar-refractivity contribution in [1.29, 1.82) is 0 Å². The molecule has 0 atom stereocenters. The maximum absolute atomic E-state index is 14.6. The van der Waals surface area contributed by atoms with Gasteiger partial charge in [0.15, 0.2) is 11.5 Å². The van der Waals surface area contributed by atoms with Crippen LogP contribution >= 0.6 is 0 Å². The van der Waals surface area contributed by atoms with Gasteiger partial charge in [-0.1, -0.05) is 0 Å². The van der Waals surface area contributed by atoms with Crippen molar-refractivity contribution in [3.8, 4) is 39.8 Å². The number of nitrogens with zero attached hydrogens (tertiary/aromatic N) is 7. The Morgan fingerprint density at radius 3 is 2.59 bits per heavy atom. The number of carbonyl (C=O) groups is 1. The van der Waals surface area contributed by atoms with Crippen molar-refractivity contribution in [1.82, 2.24) is 44.9 Å². The van der Waals surface area contributed by atoms with E-state index in [2.05, 4.69) is 30.5 Å². The molecule has 13 heteroatoms. The van der Waals surface area contributed by atoms with Crippen LogP contribution < -0.4 is 10.1 Å². The van der Waals surface area contributed by atoms with Gasteiger partial charge in [-0.25, -0.2) is 14.4 Å². The molecular weight excluding hydrogens is 563 g/mol. The Balaban J connectivity index is 1.33. The van der Waals surface area contributed by atoms with Crippen LogP contribution in [0.5, 0.6) is 5.75 Å². The minimum atomic E-state index is -0.428. The molecule has 0 aliphatic carbocycles. The smallest absolute Gasteiger partial charge is 0.238 e. The summed E-state index contributed by atoms with van der Waals surface area (Å²) in [6, 6.07) is 11.9. The monoisotopic (exact) mass is 594 g/mol. The number of ether oxygens (including phenoxy) is 1. The van der Waals surface area contributed by atoms with E-state index in [1.165, 1.54) is 12.1 Å². The van der Waals surface area contributed by atoms with Gasteiger partial charge in [-0.15, -0.1) is 0 Å². The molecular formula is C31H31FN10O2. The fourth-order valence-electron chi connectivity index (χ4n) is 4.75. The van der Waals surface area contributed by atoms with Crippen molar-refractivity contribution in [3.63, 3.8) is 0 Å². The Labute approximate surface area is 252 Å². The first-order valence-electron chi connectivity index (χ1n) is 13.9. The van der Waals surface area contributed by atoms with E-state index in [4.69, 9.17) is 14.7 Å². The van der Waals surface area contributed by atoms with Crippen molar-refractivity contribution >= 4 is 33.7 Å². The summed E-state index contributed by atoms with van der Waals surface area (Å²) in [5.41, 5.74) is 6.11. The van der Waals surface area contributed by atoms with Gasteiger partial charge in [-0.05, 0) is 64.6 Å². The van der Waals surface area contributed by atoms with Crippen LogP contribution in [0, 0.1) is 5.82 Å². The lowest BCUT2D eigenvalue weighted by atomic mass is 10.1. The zero-order chi connectivity index (χ0) is 30.8. The van der Waals surface area contributed by atoms with E-state index >= 15 is 0 Å². The Kier molecular flexibility index (Phi) is 7.96. The molecule has 6 rings (SSSR count). The van der Waals surface area contributed by atoms with Gasteiger partial charge in [0.05, 0.1) is 40.9 Å². The van der Waals surface area contributed by atoms with Crippen LogP contribution in [0.4, 0.5) is 10.1 Å². The Morgan fingerprint density at radius 2 is 1.77 bits per heavy atom. The van der Waals surface area contributed by atoms with Crippen LogP contribution in [-0.4, -0.2) is 98.7 Å². The summed E-state index contributed by atoms with van der Waals surface area (Å²) in [4.78, 5) is 37.8. The molecule has 12 nitrogen and oxygen atoms in total. The number of hydrogen-bond acceptors (Lipinski definition) is 9. The van der Waals surface area contributed by atoms with E-state index in [9.17, 15) is 9.18 Å². The van der Waals surface area contributed by atoms with E-state index in [0.717, 1.165) is 11.1 Å². The molecule has 0 radical (unpaired) electrons. The highest BCUT2D eigenvalue weighted by Gasteiger charge is 2.18. The summed E-state index contributed by atoms with van der Waals surface area (Å²) in [5, 5.41) is 10.4. The Bertz CT molecular complexity index is 1970. The van der Waals surface area contributed by atoms with Gasteiger partial charge in [0.25, 0.3) is 0 Å². The predicted octanol–water partition coefficient (Wildman–Crippen LogP) is 4.20. The Morgan fingerprint density at radius 1 is 0.932 bits per heavy atom. The minimum absolute atomic E-state index is 0.139. The third-order valence-electron chi connectivity index (χ3n) is 6.76. The molecule has 0 spiro atoms. The number of nitrogens with one attached hydrogen (secondary N) is 3. The van der Waals surface area contributed by atoms with Crippen molar-refractivity contribution in [2.45, 2.75) is 0 Å². The second kappa shape index (κ2) is 12.1. The van der Waals surface area contributed by atoms with Crippen LogP contribution in [-0.2, 0) is 4.79 Å². The number of fused-ring (bicyclic) bond motifs is 2. The summed E-state index contributed by atoms with van der Waals surface area (Å²) in [7, 11) is 7.55. The largest absolute Gasteiger partial charge is 0.492 e. The molecule has 1 aromatic carbocycles. The van der Waals surface area contributed by atoms with Crippen molar-refractivity contribution in [2.24, 2.45) is 0 Å². The lowest BCUT2D eigenvalue weighted by Crippen LogP contribution is -2.27. The summed E-state index contributed by atoms with van der Waals surface area (Å²) >= 11 is 0. The molecule has 0 aliphatic rings. The van der Waals surface area contributed by atoms with E-state index in [1.54, 1.807) is 35.6 Å². The quantitative estimate of drug-likeness (QED) is 0.213. The zero-order valence-electron chi connectivity index (χ0n) is 24.7. The first kappa shape index (κ1) is 28.8. The first-order chi connectivity index (χ1) is 21.2. The zero-order valence-corrected chi connectivity index (χ0v) is 24.7. The molecule has 0 saturated carbocycles. The number of pyridine rings is 3. The van der Waals surface area contributed by atoms with Gasteiger partial charge in [-0.3, -0.25) is 19.9 Å². The van der Waals surface area contributed by atoms with Gasteiger partial charge < -0.3 is 24.8 Å².